The highest BCUT2D eigenvalue weighted by Crippen LogP contribution is 2.27. The molecule has 0 atom stereocenters. The first-order valence-electron chi connectivity index (χ1n) is 4.46. The summed E-state index contributed by atoms with van der Waals surface area (Å²) in [5, 5.41) is 0. The van der Waals surface area contributed by atoms with E-state index in [0.29, 0.717) is 5.41 Å². The molecule has 0 aliphatic heterocycles. The van der Waals surface area contributed by atoms with Crippen molar-refractivity contribution in [3.63, 3.8) is 0 Å². The first kappa shape index (κ1) is 10.5. The first-order chi connectivity index (χ1) is 5.12. The zero-order chi connectivity index (χ0) is 8.74. The van der Waals surface area contributed by atoms with E-state index in [-0.39, 0.29) is 0 Å². The van der Waals surface area contributed by atoms with Gasteiger partial charge in [-0.2, -0.15) is 0 Å². The molecule has 0 heteroatoms. The molecule has 0 nitrogen and oxygen atoms in total. The van der Waals surface area contributed by atoms with Gasteiger partial charge in [-0.25, -0.2) is 0 Å². The highest BCUT2D eigenvalue weighted by molar-refractivity contribution is 4.79. The van der Waals surface area contributed by atoms with Crippen molar-refractivity contribution in [2.75, 3.05) is 0 Å². The predicted molar refractivity (Wildman–Crippen MR) is 51.6 cm³/mol. The summed E-state index contributed by atoms with van der Waals surface area (Å²) in [6.07, 6.45) is 7.00. The van der Waals surface area contributed by atoms with Gasteiger partial charge in [-0.1, -0.05) is 33.8 Å². The molecular weight excluding hydrogens is 132 g/mol. The van der Waals surface area contributed by atoms with E-state index in [9.17, 15) is 0 Å². The van der Waals surface area contributed by atoms with Crippen LogP contribution < -0.4 is 0 Å². The summed E-state index contributed by atoms with van der Waals surface area (Å²) >= 11 is 0. The Balaban J connectivity index is 3.62. The molecule has 0 aliphatic carbocycles. The van der Waals surface area contributed by atoms with E-state index in [1.54, 1.807) is 0 Å². The van der Waals surface area contributed by atoms with E-state index in [1.165, 1.54) is 19.3 Å². The molecule has 0 aliphatic rings. The number of allylic oxidation sites excluding steroid dienone is 1. The molecule has 0 radical (unpaired) electrons. The van der Waals surface area contributed by atoms with Gasteiger partial charge in [0.25, 0.3) is 0 Å². The molecule has 0 aromatic heterocycles. The van der Waals surface area contributed by atoms with E-state index >= 15 is 0 Å². The summed E-state index contributed by atoms with van der Waals surface area (Å²) in [6.45, 7) is 10.4. The third-order valence-corrected chi connectivity index (χ3v) is 2.04. The van der Waals surface area contributed by atoms with Crippen LogP contribution in [0.3, 0.4) is 0 Å². The van der Waals surface area contributed by atoms with Crippen LogP contribution in [0.25, 0.3) is 0 Å². The molecule has 0 aromatic carbocycles. The second-order valence-electron chi connectivity index (χ2n) is 3.86. The fourth-order valence-electron chi connectivity index (χ4n) is 1.37. The number of hydrogen-bond acceptors (Lipinski definition) is 0. The van der Waals surface area contributed by atoms with Crippen molar-refractivity contribution in [2.24, 2.45) is 5.41 Å². The van der Waals surface area contributed by atoms with Crippen LogP contribution in [0.5, 0.6) is 0 Å². The molecule has 0 N–H and O–H groups in total. The molecule has 0 unspecified atom stereocenters. The van der Waals surface area contributed by atoms with Gasteiger partial charge in [0.2, 0.25) is 0 Å². The lowest BCUT2D eigenvalue weighted by molar-refractivity contribution is 0.307. The number of hydrogen-bond donors (Lipinski definition) is 0. The molecular formula is C11H20. The average Bonchev–Trinajstić information content (AvgIpc) is 1.87. The fourth-order valence-corrected chi connectivity index (χ4v) is 1.37. The Morgan fingerprint density at radius 3 is 2.45 bits per heavy atom. The van der Waals surface area contributed by atoms with Crippen LogP contribution in [-0.4, -0.2) is 0 Å². The summed E-state index contributed by atoms with van der Waals surface area (Å²) in [4.78, 5) is 0. The molecule has 0 heterocycles. The van der Waals surface area contributed by atoms with Gasteiger partial charge >= 0.3 is 0 Å². The van der Waals surface area contributed by atoms with Crippen LogP contribution in [0, 0.1) is 5.41 Å². The van der Waals surface area contributed by atoms with Crippen molar-refractivity contribution in [3.8, 4) is 0 Å². The minimum absolute atomic E-state index is 0.502. The molecule has 0 bridgehead atoms. The van der Waals surface area contributed by atoms with Gasteiger partial charge in [0.1, 0.15) is 0 Å². The van der Waals surface area contributed by atoms with E-state index in [2.05, 4.69) is 33.1 Å². The fraction of sp³-hybridized carbons (Fsp3) is 0.727. The van der Waals surface area contributed by atoms with Gasteiger partial charge in [0.05, 0.1) is 0 Å². The molecule has 64 valence electrons. The van der Waals surface area contributed by atoms with Crippen molar-refractivity contribution in [1.82, 2.24) is 0 Å². The second-order valence-corrected chi connectivity index (χ2v) is 3.86. The summed E-state index contributed by atoms with van der Waals surface area (Å²) < 4.78 is 0. The van der Waals surface area contributed by atoms with Crippen molar-refractivity contribution >= 4 is 0 Å². The maximum Gasteiger partial charge on any atom is -0.0269 e. The predicted octanol–water partition coefficient (Wildman–Crippen LogP) is 3.93. The minimum atomic E-state index is 0.502. The lowest BCUT2D eigenvalue weighted by Gasteiger charge is -2.22. The Morgan fingerprint density at radius 1 is 1.36 bits per heavy atom. The van der Waals surface area contributed by atoms with Gasteiger partial charge in [0, 0.05) is 0 Å². The first-order valence-corrected chi connectivity index (χ1v) is 4.46. The summed E-state index contributed by atoms with van der Waals surface area (Å²) in [6, 6.07) is 0. The Bertz CT molecular complexity index is 136. The van der Waals surface area contributed by atoms with Crippen LogP contribution in [0.4, 0.5) is 0 Å². The lowest BCUT2D eigenvalue weighted by atomic mass is 9.83. The Morgan fingerprint density at radius 2 is 2.00 bits per heavy atom. The Kier molecular flexibility index (Phi) is 4.98. The monoisotopic (exact) mass is 152 g/mol. The van der Waals surface area contributed by atoms with Crippen LogP contribution in [0.15, 0.2) is 18.4 Å². The SMILES string of the molecule is C=C=CCCC(C)(C)CCC. The van der Waals surface area contributed by atoms with Crippen LogP contribution >= 0.6 is 0 Å². The minimum Gasteiger partial charge on any atom is -0.133 e. The molecule has 0 saturated carbocycles. The molecule has 0 aromatic rings. The van der Waals surface area contributed by atoms with Gasteiger partial charge in [-0.15, -0.1) is 5.73 Å². The highest BCUT2D eigenvalue weighted by atomic mass is 14.2. The molecule has 0 rings (SSSR count). The van der Waals surface area contributed by atoms with Gasteiger partial charge in [-0.05, 0) is 30.8 Å². The quantitative estimate of drug-likeness (QED) is 0.523. The van der Waals surface area contributed by atoms with Crippen LogP contribution in [0.1, 0.15) is 46.5 Å². The zero-order valence-corrected chi connectivity index (χ0v) is 8.11. The molecule has 11 heavy (non-hydrogen) atoms. The topological polar surface area (TPSA) is 0 Å². The third kappa shape index (κ3) is 5.94. The maximum absolute atomic E-state index is 3.55. The molecule has 0 saturated heterocycles. The van der Waals surface area contributed by atoms with E-state index in [4.69, 9.17) is 0 Å². The van der Waals surface area contributed by atoms with Crippen molar-refractivity contribution in [3.05, 3.63) is 18.4 Å². The second kappa shape index (κ2) is 5.21. The van der Waals surface area contributed by atoms with Gasteiger partial charge in [-0.3, -0.25) is 0 Å². The lowest BCUT2D eigenvalue weighted by Crippen LogP contribution is -2.09. The van der Waals surface area contributed by atoms with Crippen molar-refractivity contribution in [1.29, 1.82) is 0 Å². The third-order valence-electron chi connectivity index (χ3n) is 2.04. The van der Waals surface area contributed by atoms with Crippen LogP contribution in [0.2, 0.25) is 0 Å². The van der Waals surface area contributed by atoms with E-state index < -0.39 is 0 Å². The Hall–Kier alpha value is -0.480. The molecule has 0 spiro atoms. The summed E-state index contributed by atoms with van der Waals surface area (Å²) in [5.41, 5.74) is 3.31. The largest absolute Gasteiger partial charge is 0.133 e. The molecule has 0 amide bonds. The molecule has 0 fully saturated rings. The highest BCUT2D eigenvalue weighted by Gasteiger charge is 2.14. The summed E-state index contributed by atoms with van der Waals surface area (Å²) in [5.74, 6) is 0. The summed E-state index contributed by atoms with van der Waals surface area (Å²) in [7, 11) is 0. The maximum atomic E-state index is 3.55. The normalized spacial score (nSPS) is 10.8. The van der Waals surface area contributed by atoms with Gasteiger partial charge in [0.15, 0.2) is 0 Å². The van der Waals surface area contributed by atoms with Crippen molar-refractivity contribution in [2.45, 2.75) is 46.5 Å². The van der Waals surface area contributed by atoms with E-state index in [0.717, 1.165) is 6.42 Å². The average molecular weight is 152 g/mol. The van der Waals surface area contributed by atoms with Crippen LogP contribution in [-0.2, 0) is 0 Å². The van der Waals surface area contributed by atoms with E-state index in [1.807, 2.05) is 6.08 Å². The van der Waals surface area contributed by atoms with Gasteiger partial charge < -0.3 is 0 Å². The standard InChI is InChI=1S/C11H20/c1-5-7-8-10-11(3,4)9-6-2/h7H,1,6,8-10H2,2-4H3. The Labute approximate surface area is 71.0 Å². The number of rotatable bonds is 5. The zero-order valence-electron chi connectivity index (χ0n) is 8.11. The van der Waals surface area contributed by atoms with Crippen molar-refractivity contribution < 1.29 is 0 Å². The smallest absolute Gasteiger partial charge is 0.0269 e.